The average molecular weight is 268 g/mol. The summed E-state index contributed by atoms with van der Waals surface area (Å²) in [5, 5.41) is 11.0. The van der Waals surface area contributed by atoms with E-state index < -0.39 is 6.10 Å². The summed E-state index contributed by atoms with van der Waals surface area (Å²) in [5.74, 6) is 0. The smallest absolute Gasteiger partial charge is 0.122 e. The zero-order chi connectivity index (χ0) is 12.4. The van der Waals surface area contributed by atoms with Crippen LogP contribution in [0.3, 0.4) is 0 Å². The molecule has 4 heteroatoms. The highest BCUT2D eigenvalue weighted by atomic mass is 35.5. The van der Waals surface area contributed by atoms with Gasteiger partial charge in [-0.25, -0.2) is 0 Å². The second-order valence-corrected chi connectivity index (χ2v) is 4.59. The van der Waals surface area contributed by atoms with Crippen molar-refractivity contribution >= 4 is 23.2 Å². The molecular formula is C13H11Cl2NO. The van der Waals surface area contributed by atoms with Crippen molar-refractivity contribution in [1.82, 2.24) is 4.98 Å². The van der Waals surface area contributed by atoms with Gasteiger partial charge in [-0.3, -0.25) is 4.98 Å². The Balaban J connectivity index is 2.40. The quantitative estimate of drug-likeness (QED) is 0.899. The molecule has 1 heterocycles. The maximum absolute atomic E-state index is 10.2. The highest BCUT2D eigenvalue weighted by molar-refractivity contribution is 6.42. The Morgan fingerprint density at radius 1 is 1.18 bits per heavy atom. The number of aliphatic hydroxyl groups excluding tert-OH is 1. The third-order valence-corrected chi connectivity index (χ3v) is 3.32. The lowest BCUT2D eigenvalue weighted by Crippen LogP contribution is -2.03. The molecule has 17 heavy (non-hydrogen) atoms. The Labute approximate surface area is 110 Å². The van der Waals surface area contributed by atoms with E-state index in [2.05, 4.69) is 4.98 Å². The topological polar surface area (TPSA) is 33.1 Å². The first-order chi connectivity index (χ1) is 8.09. The van der Waals surface area contributed by atoms with Crippen molar-refractivity contribution in [2.24, 2.45) is 0 Å². The normalized spacial score (nSPS) is 12.5. The average Bonchev–Trinajstić information content (AvgIpc) is 2.33. The van der Waals surface area contributed by atoms with Crippen molar-refractivity contribution in [3.63, 3.8) is 0 Å². The summed E-state index contributed by atoms with van der Waals surface area (Å²) < 4.78 is 0. The molecule has 2 rings (SSSR count). The van der Waals surface area contributed by atoms with E-state index in [4.69, 9.17) is 23.2 Å². The number of aryl methyl sites for hydroxylation is 1. The summed E-state index contributed by atoms with van der Waals surface area (Å²) >= 11 is 12.0. The number of rotatable bonds is 2. The van der Waals surface area contributed by atoms with Gasteiger partial charge in [0, 0.05) is 11.8 Å². The molecule has 0 radical (unpaired) electrons. The third-order valence-electron chi connectivity index (χ3n) is 2.49. The van der Waals surface area contributed by atoms with Crippen molar-refractivity contribution in [3.05, 3.63) is 63.4 Å². The van der Waals surface area contributed by atoms with E-state index in [1.54, 1.807) is 30.5 Å². The molecule has 1 N–H and O–H groups in total. The van der Waals surface area contributed by atoms with Gasteiger partial charge in [0.15, 0.2) is 0 Å². The van der Waals surface area contributed by atoms with E-state index in [1.165, 1.54) is 0 Å². The summed E-state index contributed by atoms with van der Waals surface area (Å²) in [7, 11) is 0. The molecule has 0 saturated heterocycles. The van der Waals surface area contributed by atoms with Gasteiger partial charge in [-0.2, -0.15) is 0 Å². The lowest BCUT2D eigenvalue weighted by Gasteiger charge is -2.13. The van der Waals surface area contributed by atoms with Crippen LogP contribution < -0.4 is 0 Å². The van der Waals surface area contributed by atoms with Gasteiger partial charge in [0.1, 0.15) is 6.10 Å². The van der Waals surface area contributed by atoms with Crippen molar-refractivity contribution in [2.75, 3.05) is 0 Å². The minimum absolute atomic E-state index is 0.365. The fourth-order valence-electron chi connectivity index (χ4n) is 1.53. The summed E-state index contributed by atoms with van der Waals surface area (Å²) in [6.45, 7) is 1.94. The third kappa shape index (κ3) is 2.60. The maximum Gasteiger partial charge on any atom is 0.122 e. The van der Waals surface area contributed by atoms with Crippen molar-refractivity contribution in [1.29, 1.82) is 0 Å². The first-order valence-corrected chi connectivity index (χ1v) is 5.89. The predicted molar refractivity (Wildman–Crippen MR) is 69.5 cm³/mol. The Morgan fingerprint density at radius 2 is 1.94 bits per heavy atom. The van der Waals surface area contributed by atoms with Crippen LogP contribution in [0.2, 0.25) is 10.0 Å². The molecule has 88 valence electrons. The monoisotopic (exact) mass is 267 g/mol. The number of hydrogen-bond acceptors (Lipinski definition) is 2. The number of aromatic nitrogens is 1. The Hall–Kier alpha value is -1.09. The molecular weight excluding hydrogens is 257 g/mol. The summed E-state index contributed by atoms with van der Waals surface area (Å²) in [4.78, 5) is 4.17. The second-order valence-electron chi connectivity index (χ2n) is 3.81. The molecule has 0 aliphatic carbocycles. The molecule has 0 aliphatic heterocycles. The Morgan fingerprint density at radius 3 is 2.59 bits per heavy atom. The van der Waals surface area contributed by atoms with Gasteiger partial charge in [-0.1, -0.05) is 41.4 Å². The standard InChI is InChI=1S/C13H11Cl2NO/c1-8-5-6-11(16-7-8)13(17)9-3-2-4-10(14)12(9)15/h2-7,13,17H,1H3. The maximum atomic E-state index is 10.2. The number of aliphatic hydroxyl groups is 1. The van der Waals surface area contributed by atoms with Gasteiger partial charge < -0.3 is 5.11 Å². The van der Waals surface area contributed by atoms with Crippen LogP contribution in [0.25, 0.3) is 0 Å². The molecule has 1 aromatic carbocycles. The SMILES string of the molecule is Cc1ccc(C(O)c2cccc(Cl)c2Cl)nc1. The first kappa shape index (κ1) is 12.4. The summed E-state index contributed by atoms with van der Waals surface area (Å²) in [6, 6.07) is 8.84. The lowest BCUT2D eigenvalue weighted by atomic mass is 10.1. The predicted octanol–water partition coefficient (Wildman–Crippen LogP) is 3.78. The van der Waals surface area contributed by atoms with E-state index >= 15 is 0 Å². The van der Waals surface area contributed by atoms with Gasteiger partial charge in [-0.05, 0) is 24.6 Å². The molecule has 0 aliphatic rings. The van der Waals surface area contributed by atoms with Crippen LogP contribution in [0.4, 0.5) is 0 Å². The zero-order valence-electron chi connectivity index (χ0n) is 9.19. The second kappa shape index (κ2) is 5.05. The molecule has 0 bridgehead atoms. The van der Waals surface area contributed by atoms with Gasteiger partial charge >= 0.3 is 0 Å². The van der Waals surface area contributed by atoms with Crippen molar-refractivity contribution in [2.45, 2.75) is 13.0 Å². The van der Waals surface area contributed by atoms with E-state index in [1.807, 2.05) is 13.0 Å². The van der Waals surface area contributed by atoms with Crippen LogP contribution in [0.15, 0.2) is 36.5 Å². The van der Waals surface area contributed by atoms with Gasteiger partial charge in [0.25, 0.3) is 0 Å². The highest BCUT2D eigenvalue weighted by Crippen LogP contribution is 2.32. The van der Waals surface area contributed by atoms with E-state index in [-0.39, 0.29) is 0 Å². The molecule has 2 aromatic rings. The molecule has 0 saturated carbocycles. The highest BCUT2D eigenvalue weighted by Gasteiger charge is 2.16. The molecule has 1 aromatic heterocycles. The zero-order valence-corrected chi connectivity index (χ0v) is 10.7. The molecule has 0 amide bonds. The van der Waals surface area contributed by atoms with Crippen LogP contribution in [-0.2, 0) is 0 Å². The van der Waals surface area contributed by atoms with Crippen LogP contribution >= 0.6 is 23.2 Å². The minimum Gasteiger partial charge on any atom is -0.382 e. The van der Waals surface area contributed by atoms with Crippen LogP contribution in [0.1, 0.15) is 22.9 Å². The van der Waals surface area contributed by atoms with Gasteiger partial charge in [0.2, 0.25) is 0 Å². The van der Waals surface area contributed by atoms with Crippen LogP contribution in [0.5, 0.6) is 0 Å². The van der Waals surface area contributed by atoms with E-state index in [0.29, 0.717) is 21.3 Å². The van der Waals surface area contributed by atoms with Crippen molar-refractivity contribution < 1.29 is 5.11 Å². The number of hydrogen-bond donors (Lipinski definition) is 1. The fraction of sp³-hybridized carbons (Fsp3) is 0.154. The van der Waals surface area contributed by atoms with Crippen molar-refractivity contribution in [3.8, 4) is 0 Å². The Kier molecular flexibility index (Phi) is 3.67. The van der Waals surface area contributed by atoms with Gasteiger partial charge in [0.05, 0.1) is 15.7 Å². The number of halogens is 2. The van der Waals surface area contributed by atoms with E-state index in [9.17, 15) is 5.11 Å². The summed E-state index contributed by atoms with van der Waals surface area (Å²) in [5.41, 5.74) is 2.16. The number of nitrogens with zero attached hydrogens (tertiary/aromatic N) is 1. The van der Waals surface area contributed by atoms with Crippen LogP contribution in [-0.4, -0.2) is 10.1 Å². The Bertz CT molecular complexity index is 525. The molecule has 1 atom stereocenters. The van der Waals surface area contributed by atoms with Crippen LogP contribution in [0, 0.1) is 6.92 Å². The summed E-state index contributed by atoms with van der Waals surface area (Å²) in [6.07, 6.45) is 0.846. The largest absolute Gasteiger partial charge is 0.382 e. The van der Waals surface area contributed by atoms with E-state index in [0.717, 1.165) is 5.56 Å². The van der Waals surface area contributed by atoms with Gasteiger partial charge in [-0.15, -0.1) is 0 Å². The lowest BCUT2D eigenvalue weighted by molar-refractivity contribution is 0.215. The molecule has 0 fully saturated rings. The number of benzene rings is 1. The first-order valence-electron chi connectivity index (χ1n) is 5.14. The molecule has 2 nitrogen and oxygen atoms in total. The number of pyridine rings is 1. The fourth-order valence-corrected chi connectivity index (χ4v) is 1.94. The minimum atomic E-state index is -0.859. The molecule has 1 unspecified atom stereocenters. The molecule has 0 spiro atoms.